The normalized spacial score (nSPS) is 15.2. The Morgan fingerprint density at radius 1 is 1.44 bits per heavy atom. The van der Waals surface area contributed by atoms with Crippen molar-refractivity contribution >= 4 is 12.4 Å². The third kappa shape index (κ3) is 5.75. The Morgan fingerprint density at radius 2 is 2.16 bits per heavy atom. The number of rotatable bonds is 5. The lowest BCUT2D eigenvalue weighted by atomic mass is 9.96. The predicted molar refractivity (Wildman–Crippen MR) is 90.9 cm³/mol. The number of nitrogens with one attached hydrogen (secondary N) is 1. The zero-order chi connectivity index (χ0) is 18.1. The largest absolute Gasteiger partial charge is 0.483 e. The molecule has 1 fully saturated rings. The van der Waals surface area contributed by atoms with Gasteiger partial charge in [-0.05, 0) is 44.0 Å². The molecule has 0 aromatic carbocycles. The molecule has 1 aliphatic heterocycles. The van der Waals surface area contributed by atoms with Crippen LogP contribution >= 0.6 is 0 Å². The molecule has 1 amide bonds. The van der Waals surface area contributed by atoms with Gasteiger partial charge < -0.3 is 14.8 Å². The number of likely N-dealkylation sites (tertiary alicyclic amines) is 1. The maximum Gasteiger partial charge on any atom is 0.290 e. The fourth-order valence-electron chi connectivity index (χ4n) is 2.87. The summed E-state index contributed by atoms with van der Waals surface area (Å²) in [6.07, 6.45) is 7.07. The molecule has 1 saturated heterocycles. The van der Waals surface area contributed by atoms with Gasteiger partial charge in [-0.1, -0.05) is 0 Å². The van der Waals surface area contributed by atoms with Crippen LogP contribution in [0.25, 0.3) is 0 Å². The summed E-state index contributed by atoms with van der Waals surface area (Å²) in [6, 6.07) is 3.75. The molecule has 0 unspecified atom stereocenters. The minimum Gasteiger partial charge on any atom is -0.483 e. The van der Waals surface area contributed by atoms with Gasteiger partial charge >= 0.3 is 0 Å². The number of piperidine rings is 1. The van der Waals surface area contributed by atoms with Crippen molar-refractivity contribution in [2.45, 2.75) is 19.4 Å². The summed E-state index contributed by atoms with van der Waals surface area (Å²) >= 11 is 0. The minimum atomic E-state index is -0.250. The summed E-state index contributed by atoms with van der Waals surface area (Å²) in [5.41, 5.74) is 1.83. The number of furan rings is 1. The van der Waals surface area contributed by atoms with Gasteiger partial charge in [0.15, 0.2) is 0 Å². The molecule has 136 valence electrons. The van der Waals surface area contributed by atoms with E-state index in [-0.39, 0.29) is 12.4 Å². The highest BCUT2D eigenvalue weighted by molar-refractivity contribution is 5.93. The third-order valence-electron chi connectivity index (χ3n) is 4.35. The first kappa shape index (κ1) is 18.7. The highest BCUT2D eigenvalue weighted by Gasteiger charge is 2.20. The molecular weight excluding hydrogens is 324 g/mol. The number of aromatic nitrogens is 2. The lowest BCUT2D eigenvalue weighted by Crippen LogP contribution is -2.38. The Labute approximate surface area is 146 Å². The lowest BCUT2D eigenvalue weighted by molar-refractivity contribution is -0.122. The molecule has 0 bridgehead atoms. The van der Waals surface area contributed by atoms with Crippen LogP contribution in [0, 0.1) is 5.92 Å². The monoisotopic (exact) mass is 348 g/mol. The van der Waals surface area contributed by atoms with Crippen LogP contribution in [0.1, 0.15) is 28.9 Å². The van der Waals surface area contributed by atoms with Crippen molar-refractivity contribution in [3.05, 3.63) is 42.1 Å². The van der Waals surface area contributed by atoms with Gasteiger partial charge in [0.05, 0.1) is 17.5 Å². The smallest absolute Gasteiger partial charge is 0.290 e. The number of aryl methyl sites for hydroxylation is 1. The van der Waals surface area contributed by atoms with Crippen molar-refractivity contribution in [1.82, 2.24) is 20.0 Å². The molecule has 8 heteroatoms. The average molecular weight is 348 g/mol. The number of hydrogen-bond acceptors (Lipinski definition) is 5. The number of carboxylic acid groups (broad SMARTS) is 1. The van der Waals surface area contributed by atoms with E-state index in [0.717, 1.165) is 39.0 Å². The summed E-state index contributed by atoms with van der Waals surface area (Å²) in [5.74, 6) is 0.504. The molecule has 2 aromatic rings. The van der Waals surface area contributed by atoms with Gasteiger partial charge in [0.25, 0.3) is 12.4 Å². The van der Waals surface area contributed by atoms with E-state index in [1.807, 2.05) is 17.9 Å². The van der Waals surface area contributed by atoms with Crippen LogP contribution in [0.2, 0.25) is 0 Å². The van der Waals surface area contributed by atoms with Crippen LogP contribution in [0.3, 0.4) is 0 Å². The first-order valence-corrected chi connectivity index (χ1v) is 8.21. The van der Waals surface area contributed by atoms with Crippen molar-refractivity contribution < 1.29 is 19.1 Å². The second kappa shape index (κ2) is 9.63. The Balaban J connectivity index is 0.000000701. The van der Waals surface area contributed by atoms with Gasteiger partial charge in [-0.15, -0.1) is 0 Å². The Hall–Kier alpha value is -2.61. The second-order valence-corrected chi connectivity index (χ2v) is 5.99. The van der Waals surface area contributed by atoms with Crippen molar-refractivity contribution in [3.63, 3.8) is 0 Å². The molecule has 0 radical (unpaired) electrons. The van der Waals surface area contributed by atoms with Gasteiger partial charge in [-0.25, -0.2) is 0 Å². The molecule has 0 atom stereocenters. The molecule has 3 rings (SSSR count). The molecule has 3 heterocycles. The number of nitrogens with zero attached hydrogens (tertiary/aromatic N) is 3. The zero-order valence-electron chi connectivity index (χ0n) is 14.3. The van der Waals surface area contributed by atoms with E-state index in [1.165, 1.54) is 18.2 Å². The predicted octanol–water partition coefficient (Wildman–Crippen LogP) is 1.36. The van der Waals surface area contributed by atoms with Crippen LogP contribution in [0.4, 0.5) is 0 Å². The fourth-order valence-corrected chi connectivity index (χ4v) is 2.87. The van der Waals surface area contributed by atoms with Gasteiger partial charge in [-0.2, -0.15) is 5.10 Å². The van der Waals surface area contributed by atoms with Crippen molar-refractivity contribution in [3.8, 4) is 0 Å². The summed E-state index contributed by atoms with van der Waals surface area (Å²) in [7, 11) is 1.98. The Kier molecular flexibility index (Phi) is 7.21. The molecule has 0 saturated carbocycles. The summed E-state index contributed by atoms with van der Waals surface area (Å²) in [4.78, 5) is 22.7. The van der Waals surface area contributed by atoms with E-state index in [4.69, 9.17) is 14.3 Å². The summed E-state index contributed by atoms with van der Waals surface area (Å²) in [6.45, 7) is 3.57. The van der Waals surface area contributed by atoms with E-state index >= 15 is 0 Å². The quantitative estimate of drug-likeness (QED) is 0.791. The van der Waals surface area contributed by atoms with Gasteiger partial charge in [-0.3, -0.25) is 19.2 Å². The SMILES string of the molecule is Cn1nccc1CN1CCC(CNC(=O)c2ccoc2)CC1.O=CO. The third-order valence-corrected chi connectivity index (χ3v) is 4.35. The topological polar surface area (TPSA) is 101 Å². The van der Waals surface area contributed by atoms with E-state index < -0.39 is 0 Å². The van der Waals surface area contributed by atoms with Gasteiger partial charge in [0.2, 0.25) is 0 Å². The highest BCUT2D eigenvalue weighted by atomic mass is 16.3. The number of amides is 1. The van der Waals surface area contributed by atoms with Crippen molar-refractivity contribution in [2.75, 3.05) is 19.6 Å². The van der Waals surface area contributed by atoms with Crippen molar-refractivity contribution in [2.24, 2.45) is 13.0 Å². The van der Waals surface area contributed by atoms with E-state index in [2.05, 4.69) is 21.4 Å². The second-order valence-electron chi connectivity index (χ2n) is 5.99. The van der Waals surface area contributed by atoms with E-state index in [0.29, 0.717) is 11.5 Å². The maximum absolute atomic E-state index is 11.9. The van der Waals surface area contributed by atoms with Crippen LogP contribution in [0.5, 0.6) is 0 Å². The first-order chi connectivity index (χ1) is 12.1. The van der Waals surface area contributed by atoms with Gasteiger partial charge in [0.1, 0.15) is 6.26 Å². The van der Waals surface area contributed by atoms with Crippen LogP contribution in [-0.2, 0) is 18.4 Å². The lowest BCUT2D eigenvalue weighted by Gasteiger charge is -2.31. The Bertz CT molecular complexity index is 645. The highest BCUT2D eigenvalue weighted by Crippen LogP contribution is 2.18. The van der Waals surface area contributed by atoms with E-state index in [9.17, 15) is 4.79 Å². The molecule has 25 heavy (non-hydrogen) atoms. The maximum atomic E-state index is 11.9. The van der Waals surface area contributed by atoms with Crippen molar-refractivity contribution in [1.29, 1.82) is 0 Å². The molecule has 8 nitrogen and oxygen atoms in total. The minimum absolute atomic E-state index is 0.0499. The van der Waals surface area contributed by atoms with Gasteiger partial charge in [0, 0.05) is 26.3 Å². The first-order valence-electron chi connectivity index (χ1n) is 8.21. The number of carbonyl (C=O) groups excluding carboxylic acids is 1. The molecule has 2 N–H and O–H groups in total. The Morgan fingerprint density at radius 3 is 2.72 bits per heavy atom. The van der Waals surface area contributed by atoms with Crippen LogP contribution in [0.15, 0.2) is 35.3 Å². The molecule has 0 aliphatic carbocycles. The summed E-state index contributed by atoms with van der Waals surface area (Å²) in [5, 5.41) is 14.1. The van der Waals surface area contributed by atoms with Crippen LogP contribution in [-0.4, -0.2) is 51.8 Å². The zero-order valence-corrected chi connectivity index (χ0v) is 14.3. The number of carbonyl (C=O) groups is 2. The molecular formula is C17H24N4O4. The van der Waals surface area contributed by atoms with Crippen LogP contribution < -0.4 is 5.32 Å². The summed E-state index contributed by atoms with van der Waals surface area (Å²) < 4.78 is 6.85. The number of hydrogen-bond donors (Lipinski definition) is 2. The molecule has 1 aliphatic rings. The molecule has 2 aromatic heterocycles. The standard InChI is InChI=1S/C16H22N4O2.CH2O2/c1-19-15(2-6-18-19)11-20-7-3-13(4-8-20)10-17-16(21)14-5-9-22-12-14;2-1-3/h2,5-6,9,12-13H,3-4,7-8,10-11H2,1H3,(H,17,21);1H,(H,2,3). The average Bonchev–Trinajstić information content (AvgIpc) is 3.27. The van der Waals surface area contributed by atoms with E-state index in [1.54, 1.807) is 6.07 Å². The fraction of sp³-hybridized carbons (Fsp3) is 0.471. The molecule has 0 spiro atoms.